The van der Waals surface area contributed by atoms with E-state index in [9.17, 15) is 5.11 Å². The van der Waals surface area contributed by atoms with Crippen molar-refractivity contribution in [2.24, 2.45) is 29.6 Å². The van der Waals surface area contributed by atoms with Crippen molar-refractivity contribution in [3.8, 4) is 0 Å². The summed E-state index contributed by atoms with van der Waals surface area (Å²) >= 11 is 0. The molecule has 2 aliphatic rings. The monoisotopic (exact) mass is 222 g/mol. The van der Waals surface area contributed by atoms with Gasteiger partial charge in [0.25, 0.3) is 0 Å². The number of aliphatic hydroxyl groups excluding tert-OH is 1. The Morgan fingerprint density at radius 3 is 2.75 bits per heavy atom. The summed E-state index contributed by atoms with van der Waals surface area (Å²) in [5.74, 6) is 3.88. The number of hydrogen-bond acceptors (Lipinski definition) is 1. The van der Waals surface area contributed by atoms with E-state index in [0.717, 1.165) is 23.7 Å². The van der Waals surface area contributed by atoms with E-state index in [4.69, 9.17) is 0 Å². The Balaban J connectivity index is 2.15. The van der Waals surface area contributed by atoms with Crippen molar-refractivity contribution >= 4 is 0 Å². The van der Waals surface area contributed by atoms with Crippen molar-refractivity contribution in [1.82, 2.24) is 0 Å². The third kappa shape index (κ3) is 2.20. The first-order chi connectivity index (χ1) is 7.63. The average Bonchev–Trinajstić information content (AvgIpc) is 2.28. The number of hydrogen-bond donors (Lipinski definition) is 1. The normalized spacial score (nSPS) is 39.4. The van der Waals surface area contributed by atoms with Gasteiger partial charge in [-0.3, -0.25) is 0 Å². The molecule has 4 atom stereocenters. The predicted molar refractivity (Wildman–Crippen MR) is 68.1 cm³/mol. The Bertz CT molecular complexity index is 267. The van der Waals surface area contributed by atoms with Gasteiger partial charge in [0.1, 0.15) is 0 Å². The van der Waals surface area contributed by atoms with Crippen LogP contribution in [0.1, 0.15) is 46.5 Å². The smallest absolute Gasteiger partial charge is 0.0459 e. The second-order valence-corrected chi connectivity index (χ2v) is 6.22. The fraction of sp³-hybridized carbons (Fsp3) is 0.867. The summed E-state index contributed by atoms with van der Waals surface area (Å²) in [6.45, 7) is 7.43. The van der Waals surface area contributed by atoms with Crippen molar-refractivity contribution in [2.75, 3.05) is 6.61 Å². The summed E-state index contributed by atoms with van der Waals surface area (Å²) < 4.78 is 0. The van der Waals surface area contributed by atoms with E-state index in [2.05, 4.69) is 26.8 Å². The molecule has 1 saturated carbocycles. The molecule has 2 rings (SSSR count). The van der Waals surface area contributed by atoms with E-state index in [-0.39, 0.29) is 0 Å². The minimum absolute atomic E-state index is 0.400. The second kappa shape index (κ2) is 4.91. The highest BCUT2D eigenvalue weighted by molar-refractivity contribution is 5.13. The highest BCUT2D eigenvalue weighted by Gasteiger charge is 2.38. The second-order valence-electron chi connectivity index (χ2n) is 6.22. The van der Waals surface area contributed by atoms with Crippen molar-refractivity contribution in [2.45, 2.75) is 46.5 Å². The lowest BCUT2D eigenvalue weighted by molar-refractivity contribution is 0.0747. The fourth-order valence-electron chi connectivity index (χ4n) is 3.92. The molecule has 2 aliphatic carbocycles. The quantitative estimate of drug-likeness (QED) is 0.707. The Hall–Kier alpha value is -0.300. The Morgan fingerprint density at radius 1 is 1.38 bits per heavy atom. The molecule has 4 unspecified atom stereocenters. The van der Waals surface area contributed by atoms with Crippen LogP contribution in [0, 0.1) is 29.6 Å². The molecule has 1 fully saturated rings. The fourth-order valence-corrected chi connectivity index (χ4v) is 3.92. The first-order valence-corrected chi connectivity index (χ1v) is 6.91. The molecule has 16 heavy (non-hydrogen) atoms. The molecular formula is C15H26O. The van der Waals surface area contributed by atoms with Crippen LogP contribution in [0.2, 0.25) is 0 Å². The van der Waals surface area contributed by atoms with Crippen LogP contribution >= 0.6 is 0 Å². The van der Waals surface area contributed by atoms with Gasteiger partial charge >= 0.3 is 0 Å². The van der Waals surface area contributed by atoms with Gasteiger partial charge in [0.2, 0.25) is 0 Å². The standard InChI is InChI=1S/C15H26O/c1-10(2)13-6-4-11(3)14-7-5-12(9-16)8-15(13)14/h4,10,12-16H,5-9H2,1-3H3. The SMILES string of the molecule is CC1=CCC(C(C)C)C2CC(CO)CCC12. The molecule has 0 aromatic rings. The van der Waals surface area contributed by atoms with Crippen molar-refractivity contribution < 1.29 is 5.11 Å². The van der Waals surface area contributed by atoms with Crippen LogP contribution in [0.5, 0.6) is 0 Å². The van der Waals surface area contributed by atoms with E-state index < -0.39 is 0 Å². The third-order valence-electron chi connectivity index (χ3n) is 4.97. The molecule has 92 valence electrons. The highest BCUT2D eigenvalue weighted by atomic mass is 16.3. The first-order valence-electron chi connectivity index (χ1n) is 6.91. The van der Waals surface area contributed by atoms with Gasteiger partial charge in [-0.05, 0) is 62.2 Å². The zero-order valence-corrected chi connectivity index (χ0v) is 10.9. The van der Waals surface area contributed by atoms with Gasteiger partial charge in [0.05, 0.1) is 0 Å². The Labute approximate surface area is 99.9 Å². The van der Waals surface area contributed by atoms with Crippen molar-refractivity contribution in [3.05, 3.63) is 11.6 Å². The Morgan fingerprint density at radius 2 is 2.12 bits per heavy atom. The van der Waals surface area contributed by atoms with Crippen LogP contribution in [0.3, 0.4) is 0 Å². The van der Waals surface area contributed by atoms with Crippen molar-refractivity contribution in [1.29, 1.82) is 0 Å². The lowest BCUT2D eigenvalue weighted by Crippen LogP contribution is -2.36. The van der Waals surface area contributed by atoms with E-state index in [1.165, 1.54) is 25.7 Å². The zero-order chi connectivity index (χ0) is 11.7. The van der Waals surface area contributed by atoms with Crippen LogP contribution in [-0.4, -0.2) is 11.7 Å². The molecule has 0 radical (unpaired) electrons. The average molecular weight is 222 g/mol. The van der Waals surface area contributed by atoms with E-state index in [0.29, 0.717) is 12.5 Å². The van der Waals surface area contributed by atoms with Crippen LogP contribution in [0.25, 0.3) is 0 Å². The minimum atomic E-state index is 0.400. The largest absolute Gasteiger partial charge is 0.396 e. The molecule has 0 aliphatic heterocycles. The van der Waals surface area contributed by atoms with Crippen LogP contribution in [0.15, 0.2) is 11.6 Å². The van der Waals surface area contributed by atoms with E-state index in [1.54, 1.807) is 5.57 Å². The summed E-state index contributed by atoms with van der Waals surface area (Å²) in [4.78, 5) is 0. The Kier molecular flexibility index (Phi) is 3.73. The molecule has 0 spiro atoms. The lowest BCUT2D eigenvalue weighted by Gasteiger charge is -2.45. The highest BCUT2D eigenvalue weighted by Crippen LogP contribution is 2.47. The molecule has 0 aromatic carbocycles. The van der Waals surface area contributed by atoms with E-state index in [1.807, 2.05) is 0 Å². The summed E-state index contributed by atoms with van der Waals surface area (Å²) in [6.07, 6.45) is 7.54. The van der Waals surface area contributed by atoms with Gasteiger partial charge in [-0.15, -0.1) is 0 Å². The summed E-state index contributed by atoms with van der Waals surface area (Å²) in [7, 11) is 0. The van der Waals surface area contributed by atoms with Gasteiger partial charge in [0, 0.05) is 6.61 Å². The minimum Gasteiger partial charge on any atom is -0.396 e. The van der Waals surface area contributed by atoms with Gasteiger partial charge in [-0.2, -0.15) is 0 Å². The predicted octanol–water partition coefficient (Wildman–Crippen LogP) is 3.63. The first kappa shape index (κ1) is 12.2. The molecule has 0 bridgehead atoms. The molecule has 1 nitrogen and oxygen atoms in total. The molecule has 1 heteroatoms. The van der Waals surface area contributed by atoms with Gasteiger partial charge < -0.3 is 5.11 Å². The topological polar surface area (TPSA) is 20.2 Å². The molecule has 0 heterocycles. The third-order valence-corrected chi connectivity index (χ3v) is 4.97. The number of rotatable bonds is 2. The van der Waals surface area contributed by atoms with Gasteiger partial charge in [-0.1, -0.05) is 25.5 Å². The van der Waals surface area contributed by atoms with Crippen LogP contribution < -0.4 is 0 Å². The summed E-state index contributed by atoms with van der Waals surface area (Å²) in [6, 6.07) is 0. The van der Waals surface area contributed by atoms with Crippen molar-refractivity contribution in [3.63, 3.8) is 0 Å². The zero-order valence-electron chi connectivity index (χ0n) is 10.9. The number of allylic oxidation sites excluding steroid dienone is 2. The lowest BCUT2D eigenvalue weighted by atomic mass is 9.61. The maximum absolute atomic E-state index is 9.36. The van der Waals surface area contributed by atoms with Crippen LogP contribution in [0.4, 0.5) is 0 Å². The maximum Gasteiger partial charge on any atom is 0.0459 e. The molecule has 1 N–H and O–H groups in total. The van der Waals surface area contributed by atoms with Gasteiger partial charge in [0.15, 0.2) is 0 Å². The van der Waals surface area contributed by atoms with Gasteiger partial charge in [-0.25, -0.2) is 0 Å². The molecule has 0 aromatic heterocycles. The summed E-state index contributed by atoms with van der Waals surface area (Å²) in [5.41, 5.74) is 1.62. The van der Waals surface area contributed by atoms with Crippen LogP contribution in [-0.2, 0) is 0 Å². The number of fused-ring (bicyclic) bond motifs is 1. The maximum atomic E-state index is 9.36. The molecule has 0 saturated heterocycles. The number of aliphatic hydroxyl groups is 1. The molecular weight excluding hydrogens is 196 g/mol. The molecule has 0 amide bonds. The summed E-state index contributed by atoms with van der Waals surface area (Å²) in [5, 5.41) is 9.36. The van der Waals surface area contributed by atoms with E-state index >= 15 is 0 Å².